The fourth-order valence-corrected chi connectivity index (χ4v) is 1.60. The summed E-state index contributed by atoms with van der Waals surface area (Å²) in [5, 5.41) is 0. The van der Waals surface area contributed by atoms with E-state index in [1.807, 2.05) is 13.8 Å². The number of hydrogen-bond donors (Lipinski definition) is 2. The minimum atomic E-state index is -0.510. The van der Waals surface area contributed by atoms with Crippen molar-refractivity contribution < 1.29 is 4.39 Å². The van der Waals surface area contributed by atoms with E-state index in [9.17, 15) is 4.39 Å². The molecular formula is C13H16FN3. The number of aromatic nitrogens is 2. The van der Waals surface area contributed by atoms with E-state index in [2.05, 4.69) is 9.97 Å². The van der Waals surface area contributed by atoms with Gasteiger partial charge < -0.3 is 10.7 Å². The molecule has 0 fully saturated rings. The Kier molecular flexibility index (Phi) is 2.98. The van der Waals surface area contributed by atoms with Crippen LogP contribution in [0.4, 0.5) is 4.39 Å². The Labute approximate surface area is 99.9 Å². The van der Waals surface area contributed by atoms with Crippen molar-refractivity contribution in [2.45, 2.75) is 25.8 Å². The van der Waals surface area contributed by atoms with Gasteiger partial charge in [-0.15, -0.1) is 0 Å². The lowest BCUT2D eigenvalue weighted by atomic mass is 10.00. The summed E-state index contributed by atoms with van der Waals surface area (Å²) in [7, 11) is 0. The fraction of sp³-hybridized carbons (Fsp3) is 0.308. The number of imidazole rings is 1. The van der Waals surface area contributed by atoms with Crippen LogP contribution in [0.5, 0.6) is 0 Å². The lowest BCUT2D eigenvalue weighted by Gasteiger charge is -2.19. The summed E-state index contributed by atoms with van der Waals surface area (Å²) in [6.07, 6.45) is 2.38. The second kappa shape index (κ2) is 4.30. The van der Waals surface area contributed by atoms with Gasteiger partial charge in [0.25, 0.3) is 0 Å². The van der Waals surface area contributed by atoms with E-state index in [1.165, 1.54) is 6.07 Å². The van der Waals surface area contributed by atoms with Gasteiger partial charge in [0.15, 0.2) is 0 Å². The highest BCUT2D eigenvalue weighted by Crippen LogP contribution is 2.24. The second-order valence-corrected chi connectivity index (χ2v) is 4.40. The average molecular weight is 233 g/mol. The summed E-state index contributed by atoms with van der Waals surface area (Å²) in [6, 6.07) is 6.60. The third-order valence-electron chi connectivity index (χ3n) is 3.02. The van der Waals surface area contributed by atoms with Gasteiger partial charge in [0, 0.05) is 5.56 Å². The molecule has 1 aromatic carbocycles. The quantitative estimate of drug-likeness (QED) is 0.856. The van der Waals surface area contributed by atoms with E-state index in [4.69, 9.17) is 5.73 Å². The SMILES string of the molecule is CCC(C)(N)c1ncc(-c2ccccc2F)[nH]1. The molecule has 0 aliphatic rings. The number of halogens is 1. The molecule has 90 valence electrons. The standard InChI is InChI=1S/C13H16FN3/c1-3-13(2,15)12-16-8-11(17-12)9-6-4-5-7-10(9)14/h4-8H,3,15H2,1-2H3,(H,16,17). The minimum absolute atomic E-state index is 0.266. The van der Waals surface area contributed by atoms with Gasteiger partial charge in [-0.2, -0.15) is 0 Å². The number of benzene rings is 1. The molecule has 0 spiro atoms. The summed E-state index contributed by atoms with van der Waals surface area (Å²) in [4.78, 5) is 7.31. The van der Waals surface area contributed by atoms with E-state index >= 15 is 0 Å². The first-order chi connectivity index (χ1) is 8.04. The molecule has 2 aromatic rings. The summed E-state index contributed by atoms with van der Waals surface area (Å²) in [5.41, 5.74) is 6.74. The molecule has 0 saturated heterocycles. The maximum Gasteiger partial charge on any atom is 0.132 e. The van der Waals surface area contributed by atoms with Crippen molar-refractivity contribution in [2.24, 2.45) is 5.73 Å². The summed E-state index contributed by atoms with van der Waals surface area (Å²) in [5.74, 6) is 0.413. The van der Waals surface area contributed by atoms with E-state index in [0.29, 0.717) is 17.1 Å². The molecule has 2 rings (SSSR count). The monoisotopic (exact) mass is 233 g/mol. The normalized spacial score (nSPS) is 14.6. The van der Waals surface area contributed by atoms with E-state index in [-0.39, 0.29) is 5.82 Å². The number of hydrogen-bond acceptors (Lipinski definition) is 2. The van der Waals surface area contributed by atoms with Crippen molar-refractivity contribution in [3.63, 3.8) is 0 Å². The van der Waals surface area contributed by atoms with Gasteiger partial charge in [-0.25, -0.2) is 9.37 Å². The zero-order chi connectivity index (χ0) is 12.5. The van der Waals surface area contributed by atoms with Crippen molar-refractivity contribution in [3.8, 4) is 11.3 Å². The minimum Gasteiger partial charge on any atom is -0.340 e. The number of nitrogens with one attached hydrogen (secondary N) is 1. The molecular weight excluding hydrogens is 217 g/mol. The molecule has 0 radical (unpaired) electrons. The van der Waals surface area contributed by atoms with Crippen LogP contribution in [-0.4, -0.2) is 9.97 Å². The van der Waals surface area contributed by atoms with Crippen LogP contribution in [0.15, 0.2) is 30.5 Å². The van der Waals surface area contributed by atoms with Crippen LogP contribution in [0.2, 0.25) is 0 Å². The van der Waals surface area contributed by atoms with Gasteiger partial charge in [-0.1, -0.05) is 19.1 Å². The first-order valence-electron chi connectivity index (χ1n) is 5.64. The Hall–Kier alpha value is -1.68. The average Bonchev–Trinajstić information content (AvgIpc) is 2.79. The zero-order valence-corrected chi connectivity index (χ0v) is 10.00. The van der Waals surface area contributed by atoms with E-state index in [0.717, 1.165) is 6.42 Å². The number of nitrogens with two attached hydrogens (primary N) is 1. The Morgan fingerprint density at radius 3 is 2.76 bits per heavy atom. The molecule has 3 N–H and O–H groups in total. The van der Waals surface area contributed by atoms with Crippen LogP contribution >= 0.6 is 0 Å². The van der Waals surface area contributed by atoms with Crippen molar-refractivity contribution >= 4 is 0 Å². The molecule has 0 aliphatic carbocycles. The Bertz CT molecular complexity index is 517. The third kappa shape index (κ3) is 2.22. The summed E-state index contributed by atoms with van der Waals surface area (Å²) in [6.45, 7) is 3.89. The van der Waals surface area contributed by atoms with Crippen LogP contribution in [0.25, 0.3) is 11.3 Å². The molecule has 0 amide bonds. The van der Waals surface area contributed by atoms with Gasteiger partial charge in [0.2, 0.25) is 0 Å². The fourth-order valence-electron chi connectivity index (χ4n) is 1.60. The third-order valence-corrected chi connectivity index (χ3v) is 3.02. The highest BCUT2D eigenvalue weighted by atomic mass is 19.1. The second-order valence-electron chi connectivity index (χ2n) is 4.40. The van der Waals surface area contributed by atoms with Crippen LogP contribution in [0, 0.1) is 5.82 Å². The lowest BCUT2D eigenvalue weighted by Crippen LogP contribution is -2.33. The predicted octanol–water partition coefficient (Wildman–Crippen LogP) is 2.80. The topological polar surface area (TPSA) is 54.7 Å². The van der Waals surface area contributed by atoms with Crippen LogP contribution in [0.1, 0.15) is 26.1 Å². The van der Waals surface area contributed by atoms with Gasteiger partial charge in [-0.05, 0) is 25.5 Å². The molecule has 1 heterocycles. The zero-order valence-electron chi connectivity index (χ0n) is 10.00. The smallest absolute Gasteiger partial charge is 0.132 e. The molecule has 1 unspecified atom stereocenters. The molecule has 0 aliphatic heterocycles. The number of nitrogens with zero attached hydrogens (tertiary/aromatic N) is 1. The highest BCUT2D eigenvalue weighted by molar-refractivity contribution is 5.59. The van der Waals surface area contributed by atoms with Crippen molar-refractivity contribution in [2.75, 3.05) is 0 Å². The van der Waals surface area contributed by atoms with E-state index < -0.39 is 5.54 Å². The van der Waals surface area contributed by atoms with Gasteiger partial charge >= 0.3 is 0 Å². The summed E-state index contributed by atoms with van der Waals surface area (Å²) >= 11 is 0. The predicted molar refractivity (Wildman–Crippen MR) is 65.8 cm³/mol. The number of H-pyrrole nitrogens is 1. The number of rotatable bonds is 3. The molecule has 4 heteroatoms. The van der Waals surface area contributed by atoms with Crippen molar-refractivity contribution in [1.82, 2.24) is 9.97 Å². The first-order valence-corrected chi connectivity index (χ1v) is 5.64. The Morgan fingerprint density at radius 1 is 1.41 bits per heavy atom. The van der Waals surface area contributed by atoms with Crippen LogP contribution < -0.4 is 5.73 Å². The lowest BCUT2D eigenvalue weighted by molar-refractivity contribution is 0.450. The Balaban J connectivity index is 2.40. The summed E-state index contributed by atoms with van der Waals surface area (Å²) < 4.78 is 13.6. The highest BCUT2D eigenvalue weighted by Gasteiger charge is 2.22. The van der Waals surface area contributed by atoms with Crippen molar-refractivity contribution in [1.29, 1.82) is 0 Å². The molecule has 1 atom stereocenters. The van der Waals surface area contributed by atoms with Gasteiger partial charge in [0.1, 0.15) is 11.6 Å². The largest absolute Gasteiger partial charge is 0.340 e. The molecule has 3 nitrogen and oxygen atoms in total. The van der Waals surface area contributed by atoms with Crippen LogP contribution in [-0.2, 0) is 5.54 Å². The van der Waals surface area contributed by atoms with Crippen molar-refractivity contribution in [3.05, 3.63) is 42.1 Å². The maximum absolute atomic E-state index is 13.6. The van der Waals surface area contributed by atoms with Gasteiger partial charge in [0.05, 0.1) is 17.4 Å². The molecule has 17 heavy (non-hydrogen) atoms. The van der Waals surface area contributed by atoms with Gasteiger partial charge in [-0.3, -0.25) is 0 Å². The van der Waals surface area contributed by atoms with E-state index in [1.54, 1.807) is 24.4 Å². The maximum atomic E-state index is 13.6. The van der Waals surface area contributed by atoms with Crippen LogP contribution in [0.3, 0.4) is 0 Å². The first kappa shape index (κ1) is 11.8. The molecule has 1 aromatic heterocycles. The number of aromatic amines is 1. The molecule has 0 saturated carbocycles. The molecule has 0 bridgehead atoms. The Morgan fingerprint density at radius 2 is 2.12 bits per heavy atom.